The van der Waals surface area contributed by atoms with E-state index in [4.69, 9.17) is 0 Å². The van der Waals surface area contributed by atoms with E-state index in [0.29, 0.717) is 15.6 Å². The second-order valence-electron chi connectivity index (χ2n) is 3.58. The molecule has 1 aromatic heterocycles. The lowest BCUT2D eigenvalue weighted by atomic mass is 10.2. The van der Waals surface area contributed by atoms with Crippen molar-refractivity contribution in [2.75, 3.05) is 5.32 Å². The fourth-order valence-corrected chi connectivity index (χ4v) is 2.80. The molecule has 0 saturated heterocycles. The van der Waals surface area contributed by atoms with Gasteiger partial charge in [-0.05, 0) is 29.3 Å². The Morgan fingerprint density at radius 1 is 1.53 bits per heavy atom. The Balaban J connectivity index is 2.06. The molecule has 1 amide bonds. The molecule has 2 rings (SSSR count). The highest BCUT2D eigenvalue weighted by molar-refractivity contribution is 7.78. The van der Waals surface area contributed by atoms with Crippen molar-refractivity contribution in [1.29, 1.82) is 0 Å². The van der Waals surface area contributed by atoms with Gasteiger partial charge >= 0.3 is 0 Å². The number of aromatic hydroxyl groups is 1. The second kappa shape index (κ2) is 5.91. The molecule has 0 fully saturated rings. The minimum absolute atomic E-state index is 0.00534. The molecule has 2 N–H and O–H groups in total. The van der Waals surface area contributed by atoms with Crippen LogP contribution in [-0.2, 0) is 16.8 Å². The number of hydrogen-bond donors (Lipinski definition) is 2. The lowest BCUT2D eigenvalue weighted by molar-refractivity contribution is 0.102. The minimum atomic E-state index is -2.18. The van der Waals surface area contributed by atoms with Gasteiger partial charge in [-0.3, -0.25) is 14.3 Å². The zero-order valence-electron chi connectivity index (χ0n) is 9.53. The van der Waals surface area contributed by atoms with Gasteiger partial charge in [-0.2, -0.15) is 0 Å². The Morgan fingerprint density at radius 2 is 2.32 bits per heavy atom. The number of anilines is 1. The molecule has 0 aliphatic heterocycles. The first-order valence-electron chi connectivity index (χ1n) is 5.15. The maximum atomic E-state index is 11.8. The van der Waals surface area contributed by atoms with E-state index in [9.17, 15) is 18.7 Å². The van der Waals surface area contributed by atoms with E-state index < -0.39 is 17.0 Å². The fraction of sp³-hybridized carbons (Fsp3) is 0.0909. The van der Waals surface area contributed by atoms with Crippen LogP contribution in [0.4, 0.5) is 5.13 Å². The van der Waals surface area contributed by atoms with E-state index in [2.05, 4.69) is 10.3 Å². The van der Waals surface area contributed by atoms with Crippen LogP contribution in [0.15, 0.2) is 30.5 Å². The molecular formula is C11H9N2O4S2-. The molecule has 0 saturated carbocycles. The van der Waals surface area contributed by atoms with Crippen LogP contribution in [0.25, 0.3) is 0 Å². The molecule has 0 spiro atoms. The Morgan fingerprint density at radius 3 is 3.00 bits per heavy atom. The van der Waals surface area contributed by atoms with Gasteiger partial charge in [0, 0.05) is 22.4 Å². The van der Waals surface area contributed by atoms with Crippen molar-refractivity contribution >= 4 is 33.5 Å². The number of carbonyl (C=O) groups is 1. The number of phenols is 1. The van der Waals surface area contributed by atoms with E-state index in [-0.39, 0.29) is 11.5 Å². The standard InChI is InChI=1S/C11H10N2O4S2/c14-8-3-1-2-7(4-8)10(15)13-11-12-5-9(18-11)6-19(16)17/h1-5,14H,6H2,(H,16,17)(H,12,13,15)/p-1. The summed E-state index contributed by atoms with van der Waals surface area (Å²) in [5, 5.41) is 12.1. The quantitative estimate of drug-likeness (QED) is 0.832. The van der Waals surface area contributed by atoms with Gasteiger partial charge in [-0.15, -0.1) is 11.3 Å². The molecule has 1 unspecified atom stereocenters. The SMILES string of the molecule is O=C(Nc1ncc(CS(=O)[O-])s1)c1cccc(O)c1. The van der Waals surface area contributed by atoms with Crippen molar-refractivity contribution in [3.63, 3.8) is 0 Å². The summed E-state index contributed by atoms with van der Waals surface area (Å²) >= 11 is -1.09. The number of benzene rings is 1. The van der Waals surface area contributed by atoms with E-state index in [0.717, 1.165) is 11.3 Å². The highest BCUT2D eigenvalue weighted by atomic mass is 32.2. The predicted molar refractivity (Wildman–Crippen MR) is 70.8 cm³/mol. The molecular weight excluding hydrogens is 288 g/mol. The first kappa shape index (κ1) is 13.7. The third kappa shape index (κ3) is 3.85. The van der Waals surface area contributed by atoms with Crippen LogP contribution >= 0.6 is 11.3 Å². The summed E-state index contributed by atoms with van der Waals surface area (Å²) in [5.41, 5.74) is 0.296. The topological polar surface area (TPSA) is 102 Å². The van der Waals surface area contributed by atoms with Crippen molar-refractivity contribution in [3.05, 3.63) is 40.9 Å². The summed E-state index contributed by atoms with van der Waals surface area (Å²) in [5.74, 6) is -0.547. The second-order valence-corrected chi connectivity index (χ2v) is 5.60. The lowest BCUT2D eigenvalue weighted by Gasteiger charge is -2.02. The number of phenolic OH excluding ortho intramolecular Hbond substituents is 1. The van der Waals surface area contributed by atoms with Crippen LogP contribution < -0.4 is 5.32 Å². The van der Waals surface area contributed by atoms with Gasteiger partial charge in [0.1, 0.15) is 5.75 Å². The Bertz CT molecular complexity index is 627. The zero-order valence-corrected chi connectivity index (χ0v) is 11.2. The number of carbonyl (C=O) groups excluding carboxylic acids is 1. The number of nitrogens with zero attached hydrogens (tertiary/aromatic N) is 1. The third-order valence-corrected chi connectivity index (χ3v) is 3.78. The summed E-state index contributed by atoms with van der Waals surface area (Å²) in [6, 6.07) is 5.90. The highest BCUT2D eigenvalue weighted by Gasteiger charge is 2.09. The molecule has 8 heteroatoms. The average Bonchev–Trinajstić information content (AvgIpc) is 2.75. The molecule has 19 heavy (non-hydrogen) atoms. The Kier molecular flexibility index (Phi) is 4.25. The van der Waals surface area contributed by atoms with E-state index >= 15 is 0 Å². The largest absolute Gasteiger partial charge is 0.772 e. The van der Waals surface area contributed by atoms with Crippen molar-refractivity contribution in [2.45, 2.75) is 5.75 Å². The van der Waals surface area contributed by atoms with Crippen LogP contribution in [0.3, 0.4) is 0 Å². The summed E-state index contributed by atoms with van der Waals surface area (Å²) in [7, 11) is 0. The molecule has 0 aliphatic rings. The number of aromatic nitrogens is 1. The van der Waals surface area contributed by atoms with Gasteiger partial charge < -0.3 is 9.66 Å². The van der Waals surface area contributed by atoms with Gasteiger partial charge in [-0.25, -0.2) is 4.98 Å². The molecule has 2 aromatic rings. The molecule has 1 heterocycles. The summed E-state index contributed by atoms with van der Waals surface area (Å²) in [6.07, 6.45) is 1.40. The van der Waals surface area contributed by atoms with Crippen LogP contribution in [0.5, 0.6) is 5.75 Å². The smallest absolute Gasteiger partial charge is 0.257 e. The molecule has 100 valence electrons. The first-order valence-corrected chi connectivity index (χ1v) is 7.21. The van der Waals surface area contributed by atoms with Crippen molar-refractivity contribution in [1.82, 2.24) is 4.98 Å². The Labute approximate surface area is 115 Å². The molecule has 0 aliphatic carbocycles. The average molecular weight is 297 g/mol. The van der Waals surface area contributed by atoms with Crippen LogP contribution in [-0.4, -0.2) is 24.8 Å². The number of hydrogen-bond acceptors (Lipinski definition) is 6. The van der Waals surface area contributed by atoms with Crippen LogP contribution in [0.1, 0.15) is 15.2 Å². The van der Waals surface area contributed by atoms with Crippen molar-refractivity contribution < 1.29 is 18.7 Å². The lowest BCUT2D eigenvalue weighted by Crippen LogP contribution is -2.11. The van der Waals surface area contributed by atoms with E-state index in [1.54, 1.807) is 12.1 Å². The maximum absolute atomic E-state index is 11.8. The summed E-state index contributed by atoms with van der Waals surface area (Å²) < 4.78 is 21.0. The minimum Gasteiger partial charge on any atom is -0.772 e. The maximum Gasteiger partial charge on any atom is 0.257 e. The predicted octanol–water partition coefficient (Wildman–Crippen LogP) is 1.48. The molecule has 1 atom stereocenters. The molecule has 1 aromatic carbocycles. The number of amides is 1. The van der Waals surface area contributed by atoms with Gasteiger partial charge in [0.25, 0.3) is 5.91 Å². The van der Waals surface area contributed by atoms with Crippen LogP contribution in [0.2, 0.25) is 0 Å². The van der Waals surface area contributed by atoms with E-state index in [1.165, 1.54) is 18.3 Å². The van der Waals surface area contributed by atoms with Gasteiger partial charge in [0.15, 0.2) is 5.13 Å². The summed E-state index contributed by atoms with van der Waals surface area (Å²) in [4.78, 5) is 16.3. The van der Waals surface area contributed by atoms with Crippen LogP contribution in [0, 0.1) is 0 Å². The highest BCUT2D eigenvalue weighted by Crippen LogP contribution is 2.20. The third-order valence-electron chi connectivity index (χ3n) is 2.14. The molecule has 6 nitrogen and oxygen atoms in total. The van der Waals surface area contributed by atoms with Crippen molar-refractivity contribution in [2.24, 2.45) is 0 Å². The number of nitrogens with one attached hydrogen (secondary N) is 1. The fourth-order valence-electron chi connectivity index (χ4n) is 1.36. The number of thiazole rings is 1. The van der Waals surface area contributed by atoms with Gasteiger partial charge in [0.05, 0.1) is 0 Å². The number of rotatable bonds is 4. The Hall–Kier alpha value is -1.77. The van der Waals surface area contributed by atoms with Gasteiger partial charge in [0.2, 0.25) is 0 Å². The monoisotopic (exact) mass is 297 g/mol. The summed E-state index contributed by atoms with van der Waals surface area (Å²) in [6.45, 7) is 0. The zero-order chi connectivity index (χ0) is 13.8. The normalized spacial score (nSPS) is 12.1. The van der Waals surface area contributed by atoms with Gasteiger partial charge in [-0.1, -0.05) is 6.07 Å². The van der Waals surface area contributed by atoms with Crippen molar-refractivity contribution in [3.8, 4) is 5.75 Å². The molecule has 0 bridgehead atoms. The molecule has 0 radical (unpaired) electrons. The first-order chi connectivity index (χ1) is 9.04. The van der Waals surface area contributed by atoms with E-state index in [1.807, 2.05) is 0 Å².